The standard InChI is InChI=1S/C10H21N3O/c1-8-3-5-13(6-4-8)7-9(2)10(14)12-11/h8-9H,3-7,11H2,1-2H3,(H,12,14). The molecule has 0 aromatic rings. The summed E-state index contributed by atoms with van der Waals surface area (Å²) in [5.41, 5.74) is 2.20. The van der Waals surface area contributed by atoms with Gasteiger partial charge in [-0.25, -0.2) is 5.84 Å². The lowest BCUT2D eigenvalue weighted by molar-refractivity contribution is -0.125. The van der Waals surface area contributed by atoms with Gasteiger partial charge in [0.1, 0.15) is 0 Å². The number of nitrogens with zero attached hydrogens (tertiary/aromatic N) is 1. The van der Waals surface area contributed by atoms with E-state index in [1.54, 1.807) is 0 Å². The van der Waals surface area contributed by atoms with E-state index in [1.165, 1.54) is 12.8 Å². The molecule has 4 nitrogen and oxygen atoms in total. The lowest BCUT2D eigenvalue weighted by atomic mass is 9.98. The fraction of sp³-hybridized carbons (Fsp3) is 0.900. The van der Waals surface area contributed by atoms with Crippen molar-refractivity contribution >= 4 is 5.91 Å². The first-order chi connectivity index (χ1) is 6.63. The minimum Gasteiger partial charge on any atom is -0.303 e. The molecule has 1 atom stereocenters. The number of carbonyl (C=O) groups is 1. The van der Waals surface area contributed by atoms with E-state index in [1.807, 2.05) is 6.92 Å². The molecule has 4 heteroatoms. The van der Waals surface area contributed by atoms with Gasteiger partial charge in [-0.3, -0.25) is 10.2 Å². The van der Waals surface area contributed by atoms with Gasteiger partial charge < -0.3 is 4.90 Å². The molecule has 0 spiro atoms. The van der Waals surface area contributed by atoms with Crippen molar-refractivity contribution in [2.75, 3.05) is 19.6 Å². The highest BCUT2D eigenvalue weighted by atomic mass is 16.2. The summed E-state index contributed by atoms with van der Waals surface area (Å²) in [5, 5.41) is 0. The topological polar surface area (TPSA) is 58.4 Å². The molecule has 0 radical (unpaired) electrons. The van der Waals surface area contributed by atoms with E-state index in [0.717, 1.165) is 25.6 Å². The Hall–Kier alpha value is -0.610. The highest BCUT2D eigenvalue weighted by Gasteiger charge is 2.20. The van der Waals surface area contributed by atoms with Gasteiger partial charge in [0, 0.05) is 12.5 Å². The van der Waals surface area contributed by atoms with Crippen LogP contribution in [0.3, 0.4) is 0 Å². The van der Waals surface area contributed by atoms with Gasteiger partial charge in [0.15, 0.2) is 0 Å². The van der Waals surface area contributed by atoms with Gasteiger partial charge in [0.2, 0.25) is 5.91 Å². The molecule has 0 aromatic heterocycles. The molecule has 1 amide bonds. The second-order valence-corrected chi connectivity index (χ2v) is 4.39. The molecule has 14 heavy (non-hydrogen) atoms. The molecule has 1 rings (SSSR count). The van der Waals surface area contributed by atoms with Crippen LogP contribution in [0.5, 0.6) is 0 Å². The number of rotatable bonds is 3. The highest BCUT2D eigenvalue weighted by Crippen LogP contribution is 2.16. The number of likely N-dealkylation sites (tertiary alicyclic amines) is 1. The third kappa shape index (κ3) is 3.27. The van der Waals surface area contributed by atoms with Crippen molar-refractivity contribution < 1.29 is 4.79 Å². The lowest BCUT2D eigenvalue weighted by Crippen LogP contribution is -2.42. The number of hydrogen-bond donors (Lipinski definition) is 2. The number of amides is 1. The molecule has 3 N–H and O–H groups in total. The fourth-order valence-corrected chi connectivity index (χ4v) is 1.86. The van der Waals surface area contributed by atoms with E-state index in [2.05, 4.69) is 17.2 Å². The van der Waals surface area contributed by atoms with Crippen LogP contribution in [0.1, 0.15) is 26.7 Å². The minimum absolute atomic E-state index is 0.00611. The van der Waals surface area contributed by atoms with E-state index in [-0.39, 0.29) is 11.8 Å². The fourth-order valence-electron chi connectivity index (χ4n) is 1.86. The van der Waals surface area contributed by atoms with Crippen LogP contribution in [0.4, 0.5) is 0 Å². The second-order valence-electron chi connectivity index (χ2n) is 4.39. The second kappa shape index (κ2) is 5.32. The van der Waals surface area contributed by atoms with Crippen LogP contribution in [0.15, 0.2) is 0 Å². The van der Waals surface area contributed by atoms with Gasteiger partial charge >= 0.3 is 0 Å². The van der Waals surface area contributed by atoms with E-state index in [4.69, 9.17) is 5.84 Å². The van der Waals surface area contributed by atoms with Crippen LogP contribution in [0, 0.1) is 11.8 Å². The average Bonchev–Trinajstić information content (AvgIpc) is 2.20. The van der Waals surface area contributed by atoms with Gasteiger partial charge in [0.05, 0.1) is 0 Å². The maximum Gasteiger partial charge on any atom is 0.237 e. The Kier molecular flexibility index (Phi) is 4.35. The molecule has 0 bridgehead atoms. The Morgan fingerprint density at radius 3 is 2.64 bits per heavy atom. The normalized spacial score (nSPS) is 21.9. The number of carbonyl (C=O) groups excluding carboxylic acids is 1. The van der Waals surface area contributed by atoms with Crippen molar-refractivity contribution in [1.82, 2.24) is 10.3 Å². The third-order valence-electron chi connectivity index (χ3n) is 3.00. The SMILES string of the molecule is CC1CCN(CC(C)C(=O)NN)CC1. The van der Waals surface area contributed by atoms with Crippen LogP contribution >= 0.6 is 0 Å². The van der Waals surface area contributed by atoms with Crippen molar-refractivity contribution in [3.63, 3.8) is 0 Å². The number of piperidine rings is 1. The van der Waals surface area contributed by atoms with Gasteiger partial charge in [-0.1, -0.05) is 13.8 Å². The van der Waals surface area contributed by atoms with Crippen molar-refractivity contribution in [2.24, 2.45) is 17.7 Å². The van der Waals surface area contributed by atoms with Crippen molar-refractivity contribution in [1.29, 1.82) is 0 Å². The average molecular weight is 199 g/mol. The first kappa shape index (κ1) is 11.5. The molecule has 82 valence electrons. The molecule has 1 unspecified atom stereocenters. The molecule has 1 saturated heterocycles. The Bertz CT molecular complexity index is 188. The van der Waals surface area contributed by atoms with Gasteiger partial charge in [-0.05, 0) is 31.8 Å². The minimum atomic E-state index is -0.0661. The van der Waals surface area contributed by atoms with Gasteiger partial charge in [-0.2, -0.15) is 0 Å². The van der Waals surface area contributed by atoms with Crippen LogP contribution < -0.4 is 11.3 Å². The monoisotopic (exact) mass is 199 g/mol. The summed E-state index contributed by atoms with van der Waals surface area (Å²) >= 11 is 0. The number of hydrazine groups is 1. The first-order valence-corrected chi connectivity index (χ1v) is 5.36. The summed E-state index contributed by atoms with van der Waals surface area (Å²) in [4.78, 5) is 13.5. The summed E-state index contributed by atoms with van der Waals surface area (Å²) in [7, 11) is 0. The highest BCUT2D eigenvalue weighted by molar-refractivity contribution is 5.77. The van der Waals surface area contributed by atoms with Crippen molar-refractivity contribution in [3.05, 3.63) is 0 Å². The molecule has 0 aromatic carbocycles. The Morgan fingerprint density at radius 2 is 2.14 bits per heavy atom. The van der Waals surface area contributed by atoms with Crippen LogP contribution in [0.25, 0.3) is 0 Å². The predicted octanol–water partition coefficient (Wildman–Crippen LogP) is 0.344. The lowest BCUT2D eigenvalue weighted by Gasteiger charge is -2.31. The molecule has 1 aliphatic heterocycles. The Balaban J connectivity index is 2.27. The zero-order valence-electron chi connectivity index (χ0n) is 9.12. The third-order valence-corrected chi connectivity index (χ3v) is 3.00. The maximum absolute atomic E-state index is 11.2. The Labute approximate surface area is 85.8 Å². The van der Waals surface area contributed by atoms with Crippen LogP contribution in [-0.2, 0) is 4.79 Å². The Morgan fingerprint density at radius 1 is 1.57 bits per heavy atom. The molecule has 0 saturated carbocycles. The quantitative estimate of drug-likeness (QED) is 0.391. The predicted molar refractivity (Wildman–Crippen MR) is 56.3 cm³/mol. The number of nitrogens with one attached hydrogen (secondary N) is 1. The summed E-state index contributed by atoms with van der Waals surface area (Å²) in [6.45, 7) is 7.26. The van der Waals surface area contributed by atoms with E-state index >= 15 is 0 Å². The zero-order chi connectivity index (χ0) is 10.6. The van der Waals surface area contributed by atoms with Gasteiger partial charge in [0.25, 0.3) is 0 Å². The van der Waals surface area contributed by atoms with Gasteiger partial charge in [-0.15, -0.1) is 0 Å². The molecule has 0 aliphatic carbocycles. The van der Waals surface area contributed by atoms with E-state index < -0.39 is 0 Å². The molecule has 1 heterocycles. The first-order valence-electron chi connectivity index (χ1n) is 5.36. The largest absolute Gasteiger partial charge is 0.303 e. The molecular formula is C10H21N3O. The van der Waals surface area contributed by atoms with Crippen molar-refractivity contribution in [3.8, 4) is 0 Å². The molecule has 1 aliphatic rings. The summed E-state index contributed by atoms with van der Waals surface area (Å²) in [6, 6.07) is 0. The summed E-state index contributed by atoms with van der Waals surface area (Å²) < 4.78 is 0. The zero-order valence-corrected chi connectivity index (χ0v) is 9.12. The summed E-state index contributed by atoms with van der Waals surface area (Å²) in [6.07, 6.45) is 2.49. The molecular weight excluding hydrogens is 178 g/mol. The maximum atomic E-state index is 11.2. The van der Waals surface area contributed by atoms with Crippen LogP contribution in [-0.4, -0.2) is 30.4 Å². The number of nitrogens with two attached hydrogens (primary N) is 1. The number of hydrogen-bond acceptors (Lipinski definition) is 3. The molecule has 1 fully saturated rings. The van der Waals surface area contributed by atoms with E-state index in [9.17, 15) is 4.79 Å². The smallest absolute Gasteiger partial charge is 0.237 e. The van der Waals surface area contributed by atoms with E-state index in [0.29, 0.717) is 0 Å². The van der Waals surface area contributed by atoms with Crippen LogP contribution in [0.2, 0.25) is 0 Å². The van der Waals surface area contributed by atoms with Crippen molar-refractivity contribution in [2.45, 2.75) is 26.7 Å². The summed E-state index contributed by atoms with van der Waals surface area (Å²) in [5.74, 6) is 5.85.